The summed E-state index contributed by atoms with van der Waals surface area (Å²) in [5.74, 6) is -1.15. The molecule has 1 fully saturated rings. The predicted octanol–water partition coefficient (Wildman–Crippen LogP) is 5.71. The van der Waals surface area contributed by atoms with Crippen LogP contribution in [-0.4, -0.2) is 19.1 Å². The van der Waals surface area contributed by atoms with Gasteiger partial charge in [-0.05, 0) is 50.2 Å². The lowest BCUT2D eigenvalue weighted by Crippen LogP contribution is -2.37. The Kier molecular flexibility index (Phi) is 6.57. The summed E-state index contributed by atoms with van der Waals surface area (Å²) in [5, 5.41) is 0.996. The first-order valence-corrected chi connectivity index (χ1v) is 9.77. The molecule has 0 saturated carbocycles. The van der Waals surface area contributed by atoms with Gasteiger partial charge in [-0.25, -0.2) is 0 Å². The number of ether oxygens (including phenoxy) is 1. The van der Waals surface area contributed by atoms with E-state index < -0.39 is 40.4 Å². The number of esters is 1. The number of halogens is 7. The minimum absolute atomic E-state index is 0.00999. The molecule has 168 valence electrons. The van der Waals surface area contributed by atoms with Crippen molar-refractivity contribution in [2.75, 3.05) is 13.1 Å². The van der Waals surface area contributed by atoms with Gasteiger partial charge < -0.3 is 10.1 Å². The van der Waals surface area contributed by atoms with E-state index in [0.717, 1.165) is 48.5 Å². The monoisotopic (exact) mass is 465 g/mol. The minimum Gasteiger partial charge on any atom is -0.434 e. The van der Waals surface area contributed by atoms with Crippen molar-refractivity contribution in [1.29, 1.82) is 0 Å². The maximum absolute atomic E-state index is 12.9. The maximum atomic E-state index is 12.9. The van der Waals surface area contributed by atoms with Gasteiger partial charge in [-0.3, -0.25) is 4.79 Å². The smallest absolute Gasteiger partial charge is 0.416 e. The summed E-state index contributed by atoms with van der Waals surface area (Å²) in [6, 6.07) is 7.27. The second-order valence-corrected chi connectivity index (χ2v) is 7.72. The number of rotatable bonds is 4. The van der Waals surface area contributed by atoms with Gasteiger partial charge in [-0.2, -0.15) is 26.3 Å². The van der Waals surface area contributed by atoms with Crippen molar-refractivity contribution in [2.45, 2.75) is 30.3 Å². The maximum Gasteiger partial charge on any atom is 0.416 e. The van der Waals surface area contributed by atoms with Crippen molar-refractivity contribution in [3.63, 3.8) is 0 Å². The van der Waals surface area contributed by atoms with Crippen LogP contribution in [0.3, 0.4) is 0 Å². The van der Waals surface area contributed by atoms with Crippen LogP contribution in [0.4, 0.5) is 26.3 Å². The van der Waals surface area contributed by atoms with Gasteiger partial charge in [0.05, 0.1) is 17.0 Å². The second-order valence-electron chi connectivity index (χ2n) is 7.19. The molecular formula is C21H18ClF6NO2. The summed E-state index contributed by atoms with van der Waals surface area (Å²) in [6.07, 6.45) is -8.22. The van der Waals surface area contributed by atoms with Crippen LogP contribution < -0.4 is 5.32 Å². The number of nitrogens with one attached hydrogen (secondary N) is 1. The molecule has 1 aliphatic rings. The molecule has 0 atom stereocenters. The lowest BCUT2D eigenvalue weighted by Gasteiger charge is -2.31. The van der Waals surface area contributed by atoms with E-state index in [9.17, 15) is 31.1 Å². The van der Waals surface area contributed by atoms with E-state index in [-0.39, 0.29) is 11.1 Å². The lowest BCUT2D eigenvalue weighted by atomic mass is 9.96. The second kappa shape index (κ2) is 8.70. The number of piperidine rings is 1. The Balaban J connectivity index is 1.99. The zero-order valence-electron chi connectivity index (χ0n) is 16.0. The van der Waals surface area contributed by atoms with E-state index in [4.69, 9.17) is 16.3 Å². The van der Waals surface area contributed by atoms with Crippen molar-refractivity contribution in [3.05, 3.63) is 70.8 Å². The normalized spacial score (nSPS) is 16.2. The highest BCUT2D eigenvalue weighted by Crippen LogP contribution is 2.41. The van der Waals surface area contributed by atoms with Crippen molar-refractivity contribution < 1.29 is 35.9 Å². The average Bonchev–Trinajstić information content (AvgIpc) is 2.73. The van der Waals surface area contributed by atoms with E-state index in [1.54, 1.807) is 0 Å². The van der Waals surface area contributed by atoms with E-state index in [1.807, 2.05) is 0 Å². The first-order valence-electron chi connectivity index (χ1n) is 9.39. The van der Waals surface area contributed by atoms with Crippen LogP contribution in [0.25, 0.3) is 0 Å². The van der Waals surface area contributed by atoms with Crippen molar-refractivity contribution in [2.24, 2.45) is 5.92 Å². The summed E-state index contributed by atoms with van der Waals surface area (Å²) < 4.78 is 83.0. The van der Waals surface area contributed by atoms with E-state index in [0.29, 0.717) is 25.9 Å². The molecule has 1 saturated heterocycles. The van der Waals surface area contributed by atoms with Gasteiger partial charge in [-0.15, -0.1) is 0 Å². The molecular weight excluding hydrogens is 448 g/mol. The van der Waals surface area contributed by atoms with Crippen LogP contribution in [0.1, 0.15) is 35.1 Å². The molecule has 31 heavy (non-hydrogen) atoms. The first kappa shape index (κ1) is 23.4. The SMILES string of the molecule is O=C(OC(Cl)(c1ccc(C(F)(F)F)cc1)c1ccc(C(F)(F)F)cc1)C1CCNCC1. The fourth-order valence-electron chi connectivity index (χ4n) is 3.31. The molecule has 0 spiro atoms. The molecule has 0 unspecified atom stereocenters. The van der Waals surface area contributed by atoms with Crippen molar-refractivity contribution in [3.8, 4) is 0 Å². The zero-order chi connectivity index (χ0) is 22.9. The van der Waals surface area contributed by atoms with Crippen LogP contribution >= 0.6 is 11.6 Å². The standard InChI is InChI=1S/C21H18ClF6NO2/c22-19(31-18(30)13-9-11-29-12-10-13,14-1-5-16(6-2-14)20(23,24)25)15-3-7-17(8-4-15)21(26,27)28/h1-8,13,29H,9-12H2. The molecule has 1 aliphatic heterocycles. The van der Waals surface area contributed by atoms with Gasteiger partial charge in [0.25, 0.3) is 0 Å². The third kappa shape index (κ3) is 5.33. The summed E-state index contributed by atoms with van der Waals surface area (Å²) in [4.78, 5) is 12.7. The van der Waals surface area contributed by atoms with Gasteiger partial charge >= 0.3 is 18.3 Å². The van der Waals surface area contributed by atoms with Crippen LogP contribution in [0.15, 0.2) is 48.5 Å². The molecule has 1 N–H and O–H groups in total. The number of alkyl halides is 7. The topological polar surface area (TPSA) is 38.3 Å². The zero-order valence-corrected chi connectivity index (χ0v) is 16.7. The Bertz CT molecular complexity index is 846. The molecule has 0 radical (unpaired) electrons. The van der Waals surface area contributed by atoms with Crippen molar-refractivity contribution in [1.82, 2.24) is 5.32 Å². The number of hydrogen-bond donors (Lipinski definition) is 1. The number of carbonyl (C=O) groups excluding carboxylic acids is 1. The summed E-state index contributed by atoms with van der Waals surface area (Å²) in [7, 11) is 0. The summed E-state index contributed by atoms with van der Waals surface area (Å²) in [6.45, 7) is 1.16. The van der Waals surface area contributed by atoms with Crippen LogP contribution in [-0.2, 0) is 26.9 Å². The third-order valence-corrected chi connectivity index (χ3v) is 5.59. The Hall–Kier alpha value is -2.26. The molecule has 3 rings (SSSR count). The molecule has 0 amide bonds. The number of carbonyl (C=O) groups is 1. The van der Waals surface area contributed by atoms with Crippen LogP contribution in [0.5, 0.6) is 0 Å². The van der Waals surface area contributed by atoms with Gasteiger partial charge in [0.1, 0.15) is 0 Å². The van der Waals surface area contributed by atoms with Gasteiger partial charge in [0, 0.05) is 11.1 Å². The number of hydrogen-bond acceptors (Lipinski definition) is 3. The quantitative estimate of drug-likeness (QED) is 0.357. The van der Waals surface area contributed by atoms with E-state index >= 15 is 0 Å². The Labute approximate surface area is 179 Å². The fourth-order valence-corrected chi connectivity index (χ4v) is 3.64. The van der Waals surface area contributed by atoms with Gasteiger partial charge in [0.15, 0.2) is 0 Å². The number of benzene rings is 2. The van der Waals surface area contributed by atoms with Crippen LogP contribution in [0, 0.1) is 5.92 Å². The average molecular weight is 466 g/mol. The predicted molar refractivity (Wildman–Crippen MR) is 101 cm³/mol. The Morgan fingerprint density at radius 1 is 0.774 bits per heavy atom. The highest BCUT2D eigenvalue weighted by atomic mass is 35.5. The molecule has 0 bridgehead atoms. The Morgan fingerprint density at radius 3 is 1.48 bits per heavy atom. The molecule has 3 nitrogen and oxygen atoms in total. The molecule has 1 heterocycles. The van der Waals surface area contributed by atoms with Crippen LogP contribution in [0.2, 0.25) is 0 Å². The molecule has 0 aromatic heterocycles. The van der Waals surface area contributed by atoms with Crippen molar-refractivity contribution >= 4 is 17.6 Å². The fraction of sp³-hybridized carbons (Fsp3) is 0.381. The molecule has 0 aliphatic carbocycles. The lowest BCUT2D eigenvalue weighted by molar-refractivity contribution is -0.156. The summed E-state index contributed by atoms with van der Waals surface area (Å²) >= 11 is 6.62. The molecule has 2 aromatic carbocycles. The van der Waals surface area contributed by atoms with E-state index in [2.05, 4.69) is 5.32 Å². The largest absolute Gasteiger partial charge is 0.434 e. The highest BCUT2D eigenvalue weighted by Gasteiger charge is 2.40. The van der Waals surface area contributed by atoms with Gasteiger partial charge in [0.2, 0.25) is 5.06 Å². The molecule has 10 heteroatoms. The summed E-state index contributed by atoms with van der Waals surface area (Å²) in [5.41, 5.74) is -1.90. The Morgan fingerprint density at radius 2 is 1.13 bits per heavy atom. The minimum atomic E-state index is -4.59. The third-order valence-electron chi connectivity index (χ3n) is 5.08. The van der Waals surface area contributed by atoms with E-state index in [1.165, 1.54) is 0 Å². The van der Waals surface area contributed by atoms with Gasteiger partial charge in [-0.1, -0.05) is 35.9 Å². The first-order chi connectivity index (χ1) is 14.4. The highest BCUT2D eigenvalue weighted by molar-refractivity contribution is 6.25. The molecule has 2 aromatic rings.